The van der Waals surface area contributed by atoms with E-state index in [0.29, 0.717) is 30.9 Å². The molecule has 2 fully saturated rings. The lowest BCUT2D eigenvalue weighted by Crippen LogP contribution is -2.42. The van der Waals surface area contributed by atoms with Gasteiger partial charge in [-0.2, -0.15) is 0 Å². The van der Waals surface area contributed by atoms with Crippen LogP contribution in [0.5, 0.6) is 5.75 Å². The van der Waals surface area contributed by atoms with Gasteiger partial charge in [-0.3, -0.25) is 14.4 Å². The molecule has 2 bridgehead atoms. The topological polar surface area (TPSA) is 81.7 Å². The highest BCUT2D eigenvalue weighted by molar-refractivity contribution is 5.88. The summed E-state index contributed by atoms with van der Waals surface area (Å²) < 4.78 is 10.7. The quantitative estimate of drug-likeness (QED) is 0.775. The summed E-state index contributed by atoms with van der Waals surface area (Å²) in [7, 11) is 1.58. The first-order valence-corrected chi connectivity index (χ1v) is 9.63. The predicted octanol–water partition coefficient (Wildman–Crippen LogP) is 2.64. The van der Waals surface area contributed by atoms with Crippen molar-refractivity contribution < 1.29 is 23.9 Å². The molecular weight excluding hydrogens is 346 g/mol. The molecule has 2 aliphatic carbocycles. The fraction of sp³-hybridized carbons (Fsp3) is 0.571. The molecule has 1 N–H and O–H groups in total. The summed E-state index contributed by atoms with van der Waals surface area (Å²) in [4.78, 5) is 36.9. The molecule has 1 aromatic rings. The van der Waals surface area contributed by atoms with E-state index < -0.39 is 6.10 Å². The maximum Gasteiger partial charge on any atom is 0.309 e. The van der Waals surface area contributed by atoms with Crippen molar-refractivity contribution in [2.45, 2.75) is 51.7 Å². The Morgan fingerprint density at radius 2 is 1.85 bits per heavy atom. The summed E-state index contributed by atoms with van der Waals surface area (Å²) in [5, 5.41) is 2.78. The number of nitrogens with one attached hydrogen (secondary N) is 1. The highest BCUT2D eigenvalue weighted by atomic mass is 16.5. The van der Waals surface area contributed by atoms with E-state index in [0.717, 1.165) is 24.8 Å². The van der Waals surface area contributed by atoms with Gasteiger partial charge in [-0.1, -0.05) is 24.6 Å². The standard InChI is InChI=1S/C21H27NO5/c1-13(20(24)22-12-16-6-3-4-9-18(16)26-2)27-21(25)17-10-14-7-5-8-15(11-17)19(14)23/h3-4,6,9,13-15,17H,5,7-8,10-12H2,1-2H3,(H,22,24)/t13-,14-,15+,17?/m1/s1. The van der Waals surface area contributed by atoms with Crippen LogP contribution in [0.25, 0.3) is 0 Å². The molecule has 3 rings (SSSR count). The Morgan fingerprint density at radius 3 is 2.52 bits per heavy atom. The molecule has 1 aromatic carbocycles. The van der Waals surface area contributed by atoms with E-state index in [1.807, 2.05) is 24.3 Å². The number of carbonyl (C=O) groups excluding carboxylic acids is 3. The summed E-state index contributed by atoms with van der Waals surface area (Å²) in [5.74, 6) is 0.00589. The first-order chi connectivity index (χ1) is 13.0. The maximum atomic E-state index is 12.5. The molecule has 2 saturated carbocycles. The summed E-state index contributed by atoms with van der Waals surface area (Å²) in [6.45, 7) is 1.87. The van der Waals surface area contributed by atoms with Crippen molar-refractivity contribution in [3.05, 3.63) is 29.8 Å². The number of carbonyl (C=O) groups is 3. The fourth-order valence-corrected chi connectivity index (χ4v) is 4.17. The molecule has 6 heteroatoms. The number of hydrogen-bond donors (Lipinski definition) is 1. The first-order valence-electron chi connectivity index (χ1n) is 9.63. The van der Waals surface area contributed by atoms with Gasteiger partial charge >= 0.3 is 5.97 Å². The molecule has 4 atom stereocenters. The molecule has 6 nitrogen and oxygen atoms in total. The van der Waals surface area contributed by atoms with Crippen molar-refractivity contribution in [2.24, 2.45) is 17.8 Å². The van der Waals surface area contributed by atoms with E-state index in [9.17, 15) is 14.4 Å². The van der Waals surface area contributed by atoms with Crippen LogP contribution >= 0.6 is 0 Å². The number of esters is 1. The smallest absolute Gasteiger partial charge is 0.309 e. The summed E-state index contributed by atoms with van der Waals surface area (Å²) in [5.41, 5.74) is 0.852. The zero-order valence-electron chi connectivity index (χ0n) is 15.9. The summed E-state index contributed by atoms with van der Waals surface area (Å²) >= 11 is 0. The first kappa shape index (κ1) is 19.4. The lowest BCUT2D eigenvalue weighted by molar-refractivity contribution is -0.162. The largest absolute Gasteiger partial charge is 0.496 e. The van der Waals surface area contributed by atoms with Crippen LogP contribution in [-0.2, 0) is 25.7 Å². The number of fused-ring (bicyclic) bond motifs is 2. The molecule has 0 spiro atoms. The average molecular weight is 373 g/mol. The lowest BCUT2D eigenvalue weighted by Gasteiger charge is -2.36. The Kier molecular flexibility index (Phi) is 6.14. The van der Waals surface area contributed by atoms with E-state index in [1.54, 1.807) is 14.0 Å². The van der Waals surface area contributed by atoms with Crippen LogP contribution in [0.3, 0.4) is 0 Å². The zero-order chi connectivity index (χ0) is 19.4. The molecule has 1 amide bonds. The summed E-state index contributed by atoms with van der Waals surface area (Å²) in [6.07, 6.45) is 3.05. The van der Waals surface area contributed by atoms with Crippen LogP contribution in [0.15, 0.2) is 24.3 Å². The van der Waals surface area contributed by atoms with Gasteiger partial charge in [-0.15, -0.1) is 0 Å². The van der Waals surface area contributed by atoms with Crippen molar-refractivity contribution in [1.29, 1.82) is 0 Å². The maximum absolute atomic E-state index is 12.5. The molecule has 146 valence electrons. The average Bonchev–Trinajstić information content (AvgIpc) is 2.65. The van der Waals surface area contributed by atoms with Crippen LogP contribution in [0, 0.1) is 17.8 Å². The number of ketones is 1. The number of para-hydroxylation sites is 1. The normalized spacial score (nSPS) is 25.4. The predicted molar refractivity (Wildman–Crippen MR) is 99.0 cm³/mol. The van der Waals surface area contributed by atoms with Crippen LogP contribution in [0.2, 0.25) is 0 Å². The van der Waals surface area contributed by atoms with Gasteiger partial charge in [0.25, 0.3) is 5.91 Å². The van der Waals surface area contributed by atoms with Crippen molar-refractivity contribution in [2.75, 3.05) is 7.11 Å². The second-order valence-corrected chi connectivity index (χ2v) is 7.50. The summed E-state index contributed by atoms with van der Waals surface area (Å²) in [6, 6.07) is 7.42. The van der Waals surface area contributed by atoms with Crippen molar-refractivity contribution in [3.63, 3.8) is 0 Å². The van der Waals surface area contributed by atoms with Crippen molar-refractivity contribution >= 4 is 17.7 Å². The third-order valence-corrected chi connectivity index (χ3v) is 5.69. The van der Waals surface area contributed by atoms with E-state index in [4.69, 9.17) is 9.47 Å². The molecule has 2 aliphatic rings. The Balaban J connectivity index is 1.50. The van der Waals surface area contributed by atoms with Gasteiger partial charge in [-0.25, -0.2) is 0 Å². The van der Waals surface area contributed by atoms with Crippen LogP contribution in [0.4, 0.5) is 0 Å². The monoisotopic (exact) mass is 373 g/mol. The Bertz CT molecular complexity index is 700. The minimum absolute atomic E-state index is 0.00951. The molecule has 0 saturated heterocycles. The third kappa shape index (κ3) is 4.49. The number of ether oxygens (including phenoxy) is 2. The van der Waals surface area contributed by atoms with Crippen LogP contribution in [-0.4, -0.2) is 30.9 Å². The molecule has 1 unspecified atom stereocenters. The van der Waals surface area contributed by atoms with E-state index >= 15 is 0 Å². The molecule has 0 heterocycles. The second kappa shape index (κ2) is 8.55. The van der Waals surface area contributed by atoms with Gasteiger partial charge in [0.15, 0.2) is 6.10 Å². The van der Waals surface area contributed by atoms with Crippen LogP contribution < -0.4 is 10.1 Å². The van der Waals surface area contributed by atoms with Gasteiger partial charge in [-0.05, 0) is 38.7 Å². The SMILES string of the molecule is COc1ccccc1CNC(=O)[C@@H](C)OC(=O)C1C[C@H]2CCC[C@@H](C1)C2=O. The minimum atomic E-state index is -0.871. The fourth-order valence-electron chi connectivity index (χ4n) is 4.17. The molecule has 27 heavy (non-hydrogen) atoms. The third-order valence-electron chi connectivity index (χ3n) is 5.69. The molecular formula is C21H27NO5. The highest BCUT2D eigenvalue weighted by Gasteiger charge is 2.42. The van der Waals surface area contributed by atoms with Gasteiger partial charge < -0.3 is 14.8 Å². The lowest BCUT2D eigenvalue weighted by atomic mass is 9.67. The van der Waals surface area contributed by atoms with Gasteiger partial charge in [0.1, 0.15) is 11.5 Å². The zero-order valence-corrected chi connectivity index (χ0v) is 15.9. The van der Waals surface area contributed by atoms with Crippen LogP contribution in [0.1, 0.15) is 44.6 Å². The number of Topliss-reactive ketones (excluding diaryl/α,β-unsaturated/α-hetero) is 1. The highest BCUT2D eigenvalue weighted by Crippen LogP contribution is 2.40. The van der Waals surface area contributed by atoms with Gasteiger partial charge in [0.2, 0.25) is 0 Å². The number of rotatable bonds is 6. The van der Waals surface area contributed by atoms with Gasteiger partial charge in [0, 0.05) is 23.9 Å². The molecule has 0 aliphatic heterocycles. The Labute approximate surface area is 159 Å². The molecule has 0 radical (unpaired) electrons. The number of benzene rings is 1. The molecule has 0 aromatic heterocycles. The number of hydrogen-bond acceptors (Lipinski definition) is 5. The van der Waals surface area contributed by atoms with E-state index in [1.165, 1.54) is 0 Å². The second-order valence-electron chi connectivity index (χ2n) is 7.50. The number of amides is 1. The van der Waals surface area contributed by atoms with Gasteiger partial charge in [0.05, 0.1) is 13.0 Å². The van der Waals surface area contributed by atoms with E-state index in [-0.39, 0.29) is 29.6 Å². The minimum Gasteiger partial charge on any atom is -0.496 e. The Hall–Kier alpha value is -2.37. The van der Waals surface area contributed by atoms with Crippen molar-refractivity contribution in [1.82, 2.24) is 5.32 Å². The van der Waals surface area contributed by atoms with E-state index in [2.05, 4.69) is 5.32 Å². The number of methoxy groups -OCH3 is 1. The van der Waals surface area contributed by atoms with Crippen molar-refractivity contribution in [3.8, 4) is 5.75 Å². The Morgan fingerprint density at radius 1 is 1.19 bits per heavy atom.